The predicted octanol–water partition coefficient (Wildman–Crippen LogP) is 7.76. The zero-order valence-electron chi connectivity index (χ0n) is 24.8. The molecule has 0 atom stereocenters. The molecule has 0 N–H and O–H groups in total. The van der Waals surface area contributed by atoms with Crippen LogP contribution in [0, 0.1) is 31.8 Å². The first-order valence-corrected chi connectivity index (χ1v) is 14.9. The van der Waals surface area contributed by atoms with E-state index >= 15 is 0 Å². The minimum absolute atomic E-state index is 0.421. The fraction of sp³-hybridized carbons (Fsp3) is 0.600. The number of azo groups is 1. The molecule has 0 aliphatic heterocycles. The van der Waals surface area contributed by atoms with Crippen LogP contribution in [0.5, 0.6) is 0 Å². The maximum atomic E-state index is 9.32. The van der Waals surface area contributed by atoms with Crippen molar-refractivity contribution >= 4 is 33.4 Å². The molecule has 0 saturated carbocycles. The molecule has 1 aromatic heterocycles. The summed E-state index contributed by atoms with van der Waals surface area (Å²) in [5, 5.41) is 18.7. The van der Waals surface area contributed by atoms with Gasteiger partial charge in [-0.05, 0) is 84.7 Å². The number of hydrogen-bond donors (Lipinski definition) is 0. The second-order valence-electron chi connectivity index (χ2n) is 10.1. The molecule has 0 fully saturated rings. The first-order valence-electron chi connectivity index (χ1n) is 14.1. The molecule has 2 rings (SSSR count). The van der Waals surface area contributed by atoms with Crippen LogP contribution >= 0.6 is 11.3 Å². The number of hydrogen-bond acceptors (Lipinski definition) is 5. The Morgan fingerprint density at radius 3 is 1.84 bits per heavy atom. The highest BCUT2D eigenvalue weighted by atomic mass is 32.1. The first kappa shape index (κ1) is 31.4. The van der Waals surface area contributed by atoms with Gasteiger partial charge in [-0.3, -0.25) is 0 Å². The molecule has 38 heavy (non-hydrogen) atoms. The van der Waals surface area contributed by atoms with Crippen LogP contribution in [-0.2, 0) is 0 Å². The SMILES string of the molecule is [C-]#[N+]c1c(/N=N/c2ccc(N(CC[N+](CC)(CC)CC)CC[N+](CC)(CC)CC)cc2C)sc(C#N)c1C. The van der Waals surface area contributed by atoms with Crippen LogP contribution in [0.15, 0.2) is 28.4 Å². The molecule has 0 unspecified atom stereocenters. The molecule has 0 spiro atoms. The molecule has 0 saturated heterocycles. The topological polar surface area (TPSA) is 56.1 Å². The van der Waals surface area contributed by atoms with Crippen LogP contribution in [0.2, 0.25) is 0 Å². The van der Waals surface area contributed by atoms with Gasteiger partial charge in [0, 0.05) is 5.69 Å². The molecule has 0 radical (unpaired) electrons. The van der Waals surface area contributed by atoms with Crippen LogP contribution in [-0.4, -0.2) is 74.4 Å². The average Bonchev–Trinajstić information content (AvgIpc) is 3.26. The number of quaternary nitrogens is 2. The average molecular weight is 538 g/mol. The zero-order chi connectivity index (χ0) is 28.3. The van der Waals surface area contributed by atoms with Gasteiger partial charge in [0.1, 0.15) is 11.1 Å². The highest BCUT2D eigenvalue weighted by Crippen LogP contribution is 2.42. The fourth-order valence-electron chi connectivity index (χ4n) is 5.17. The van der Waals surface area contributed by atoms with Gasteiger partial charge in [-0.25, -0.2) is 4.85 Å². The summed E-state index contributed by atoms with van der Waals surface area (Å²) in [4.78, 5) is 6.67. The third-order valence-electron chi connectivity index (χ3n) is 8.82. The minimum Gasteiger partial charge on any atom is -0.360 e. The Morgan fingerprint density at radius 2 is 1.42 bits per heavy atom. The molecule has 0 aliphatic rings. The van der Waals surface area contributed by atoms with Gasteiger partial charge in [-0.2, -0.15) is 15.5 Å². The zero-order valence-corrected chi connectivity index (χ0v) is 25.7. The van der Waals surface area contributed by atoms with E-state index in [1.165, 1.54) is 17.0 Å². The van der Waals surface area contributed by atoms with E-state index in [9.17, 15) is 5.26 Å². The lowest BCUT2D eigenvalue weighted by Crippen LogP contribution is -2.54. The molecule has 1 heterocycles. The third kappa shape index (κ3) is 7.20. The van der Waals surface area contributed by atoms with Crippen LogP contribution in [0.1, 0.15) is 57.5 Å². The van der Waals surface area contributed by atoms with Crippen molar-refractivity contribution in [3.63, 3.8) is 0 Å². The summed E-state index contributed by atoms with van der Waals surface area (Å²) in [6, 6.07) is 8.58. The molecule has 0 aliphatic carbocycles. The number of rotatable bonds is 15. The van der Waals surface area contributed by atoms with Crippen molar-refractivity contribution < 1.29 is 8.97 Å². The summed E-state index contributed by atoms with van der Waals surface area (Å²) in [7, 11) is 0. The lowest BCUT2D eigenvalue weighted by Gasteiger charge is -2.40. The summed E-state index contributed by atoms with van der Waals surface area (Å²) >= 11 is 1.23. The summed E-state index contributed by atoms with van der Waals surface area (Å²) in [5.74, 6) is 0. The predicted molar refractivity (Wildman–Crippen MR) is 161 cm³/mol. The number of aryl methyl sites for hydroxylation is 1. The summed E-state index contributed by atoms with van der Waals surface area (Å²) in [5.41, 5.74) is 4.18. The van der Waals surface area contributed by atoms with Gasteiger partial charge in [-0.1, -0.05) is 0 Å². The lowest BCUT2D eigenvalue weighted by molar-refractivity contribution is -0.923. The van der Waals surface area contributed by atoms with Crippen molar-refractivity contribution in [1.29, 1.82) is 5.26 Å². The van der Waals surface area contributed by atoms with E-state index in [0.717, 1.165) is 85.7 Å². The van der Waals surface area contributed by atoms with Gasteiger partial charge in [0.2, 0.25) is 5.69 Å². The number of nitrogens with zero attached hydrogens (tertiary/aromatic N) is 7. The lowest BCUT2D eigenvalue weighted by atomic mass is 10.1. The monoisotopic (exact) mass is 537 g/mol. The van der Waals surface area contributed by atoms with Gasteiger partial charge in [-0.15, -0.1) is 11.3 Å². The number of nitriles is 1. The van der Waals surface area contributed by atoms with E-state index in [1.54, 1.807) is 6.92 Å². The van der Waals surface area contributed by atoms with Crippen molar-refractivity contribution in [2.45, 2.75) is 55.4 Å². The van der Waals surface area contributed by atoms with E-state index in [-0.39, 0.29) is 0 Å². The number of thiophene rings is 1. The maximum absolute atomic E-state index is 9.32. The van der Waals surface area contributed by atoms with E-state index in [2.05, 4.69) is 86.6 Å². The Morgan fingerprint density at radius 1 is 0.895 bits per heavy atom. The quantitative estimate of drug-likeness (QED) is 0.132. The molecule has 1 aromatic carbocycles. The van der Waals surface area contributed by atoms with Crippen molar-refractivity contribution in [2.24, 2.45) is 10.2 Å². The van der Waals surface area contributed by atoms with Gasteiger partial charge in [0.05, 0.1) is 82.6 Å². The first-order chi connectivity index (χ1) is 18.2. The molecule has 0 bridgehead atoms. The smallest absolute Gasteiger partial charge is 0.229 e. The van der Waals surface area contributed by atoms with Crippen LogP contribution in [0.3, 0.4) is 0 Å². The molecular weight excluding hydrogens is 490 g/mol. The minimum atomic E-state index is 0.421. The van der Waals surface area contributed by atoms with Crippen LogP contribution in [0.25, 0.3) is 4.85 Å². The van der Waals surface area contributed by atoms with Crippen molar-refractivity contribution in [2.75, 3.05) is 70.3 Å². The van der Waals surface area contributed by atoms with Gasteiger partial charge in [0.25, 0.3) is 0 Å². The van der Waals surface area contributed by atoms with E-state index in [1.807, 2.05) is 6.07 Å². The Balaban J connectivity index is 2.36. The van der Waals surface area contributed by atoms with Crippen LogP contribution in [0.4, 0.5) is 22.1 Å². The van der Waals surface area contributed by atoms with Gasteiger partial charge >= 0.3 is 0 Å². The van der Waals surface area contributed by atoms with Crippen LogP contribution < -0.4 is 4.90 Å². The highest BCUT2D eigenvalue weighted by molar-refractivity contribution is 7.17. The molecule has 7 nitrogen and oxygen atoms in total. The fourth-order valence-corrected chi connectivity index (χ4v) is 6.04. The molecule has 206 valence electrons. The van der Waals surface area contributed by atoms with Crippen molar-refractivity contribution in [3.05, 3.63) is 45.6 Å². The normalized spacial score (nSPS) is 12.1. The maximum Gasteiger partial charge on any atom is 0.229 e. The third-order valence-corrected chi connectivity index (χ3v) is 9.89. The number of benzene rings is 1. The highest BCUT2D eigenvalue weighted by Gasteiger charge is 2.25. The Labute approximate surface area is 235 Å². The Hall–Kier alpha value is -2.78. The van der Waals surface area contributed by atoms with E-state index < -0.39 is 0 Å². The standard InChI is InChI=1S/C30H47N7S/c1-10-36(11-2,12-3)20-18-35(19-21-37(13-4,14-5)15-6)26-16-17-27(24(7)22-26)33-34-30-29(32-9)25(8)28(23-31)38-30/h16-17,22H,10-15,18-21H2,1-8H3/q+2/b34-33+. The van der Waals surface area contributed by atoms with Gasteiger partial charge < -0.3 is 13.9 Å². The van der Waals surface area contributed by atoms with E-state index in [4.69, 9.17) is 6.57 Å². The molecule has 0 amide bonds. The summed E-state index contributed by atoms with van der Waals surface area (Å²) < 4.78 is 2.26. The second kappa shape index (κ2) is 14.4. The molecular formula is C30H47N7S+2. The number of likely N-dealkylation sites (N-methyl/N-ethyl adjacent to an activating group) is 2. The number of anilines is 1. The Kier molecular flexibility index (Phi) is 11.9. The largest absolute Gasteiger partial charge is 0.360 e. The molecule has 8 heteroatoms. The molecule has 2 aromatic rings. The summed E-state index contributed by atoms with van der Waals surface area (Å²) in [6.45, 7) is 36.4. The Bertz CT molecular complexity index is 1120. The summed E-state index contributed by atoms with van der Waals surface area (Å²) in [6.07, 6.45) is 0. The van der Waals surface area contributed by atoms with E-state index in [0.29, 0.717) is 21.1 Å². The second-order valence-corrected chi connectivity index (χ2v) is 11.1. The van der Waals surface area contributed by atoms with Gasteiger partial charge in [0.15, 0.2) is 0 Å². The van der Waals surface area contributed by atoms with Crippen molar-refractivity contribution in [1.82, 2.24) is 0 Å². The van der Waals surface area contributed by atoms with Crippen molar-refractivity contribution in [3.8, 4) is 6.07 Å².